The van der Waals surface area contributed by atoms with Crippen LogP contribution in [0, 0.1) is 0 Å². The molecule has 0 fully saturated rings. The van der Waals surface area contributed by atoms with Crippen LogP contribution in [0.4, 0.5) is 0 Å². The number of pyridine rings is 1. The van der Waals surface area contributed by atoms with Crippen LogP contribution in [0.1, 0.15) is 0 Å². The third-order valence-electron chi connectivity index (χ3n) is 4.63. The summed E-state index contributed by atoms with van der Waals surface area (Å²) in [4.78, 5) is 12.2. The highest BCUT2D eigenvalue weighted by molar-refractivity contribution is 5.96. The Balaban J connectivity index is 1.71. The number of benzene rings is 2. The number of nitrogens with one attached hydrogen (secondary N) is 1. The summed E-state index contributed by atoms with van der Waals surface area (Å²) in [6.45, 7) is 0. The van der Waals surface area contributed by atoms with E-state index in [-0.39, 0.29) is 0 Å². The zero-order chi connectivity index (χ0) is 17.5. The first-order valence-electron chi connectivity index (χ1n) is 8.37. The van der Waals surface area contributed by atoms with Crippen molar-refractivity contribution in [2.45, 2.75) is 0 Å². The first kappa shape index (κ1) is 14.7. The number of aromatic nitrogens is 4. The van der Waals surface area contributed by atoms with E-state index in [1.807, 2.05) is 36.8 Å². The Labute approximate surface area is 149 Å². The van der Waals surface area contributed by atoms with Crippen molar-refractivity contribution in [3.05, 3.63) is 73.3 Å². The van der Waals surface area contributed by atoms with E-state index >= 15 is 0 Å². The van der Waals surface area contributed by atoms with Gasteiger partial charge in [0.1, 0.15) is 17.7 Å². The summed E-state index contributed by atoms with van der Waals surface area (Å²) >= 11 is 0. The summed E-state index contributed by atoms with van der Waals surface area (Å²) in [5, 5.41) is 1.04. The molecule has 5 heteroatoms. The average molecular weight is 340 g/mol. The fourth-order valence-corrected chi connectivity index (χ4v) is 3.30. The van der Waals surface area contributed by atoms with Gasteiger partial charge in [-0.25, -0.2) is 9.97 Å². The molecule has 0 aliphatic rings. The van der Waals surface area contributed by atoms with Crippen molar-refractivity contribution in [1.82, 2.24) is 19.5 Å². The number of H-pyrrole nitrogens is 1. The Morgan fingerprint density at radius 2 is 1.88 bits per heavy atom. The minimum Gasteiger partial charge on any atom is -0.495 e. The number of hydrogen-bond donors (Lipinski definition) is 1. The average Bonchev–Trinajstić information content (AvgIpc) is 3.31. The second-order valence-electron chi connectivity index (χ2n) is 6.13. The van der Waals surface area contributed by atoms with Gasteiger partial charge in [0.2, 0.25) is 0 Å². The fraction of sp³-hybridized carbons (Fsp3) is 0.0476. The molecule has 0 radical (unpaired) electrons. The highest BCUT2D eigenvalue weighted by Crippen LogP contribution is 2.32. The zero-order valence-corrected chi connectivity index (χ0v) is 14.2. The Kier molecular flexibility index (Phi) is 3.25. The highest BCUT2D eigenvalue weighted by atomic mass is 16.5. The third kappa shape index (κ3) is 2.25. The van der Waals surface area contributed by atoms with Crippen LogP contribution in [0.2, 0.25) is 0 Å². The molecule has 0 atom stereocenters. The summed E-state index contributed by atoms with van der Waals surface area (Å²) in [7, 11) is 1.65. The summed E-state index contributed by atoms with van der Waals surface area (Å²) in [6, 6.07) is 18.5. The molecule has 5 rings (SSSR count). The third-order valence-corrected chi connectivity index (χ3v) is 4.63. The fourth-order valence-electron chi connectivity index (χ4n) is 3.30. The number of fused-ring (bicyclic) bond motifs is 2. The van der Waals surface area contributed by atoms with Gasteiger partial charge in [-0.15, -0.1) is 0 Å². The number of rotatable bonds is 3. The summed E-state index contributed by atoms with van der Waals surface area (Å²) in [6.07, 6.45) is 5.57. The minimum atomic E-state index is 0.744. The standard InChI is InChI=1S/C21H16N4O/c1-26-16-10-17-18(12-23-21(17)22-11-16)14-7-8-19-20(9-14)25(13-24-19)15-5-3-2-4-6-15/h2-13H,1H3,(H,22,23). The Morgan fingerprint density at radius 3 is 2.73 bits per heavy atom. The van der Waals surface area contributed by atoms with Gasteiger partial charge < -0.3 is 9.72 Å². The molecule has 0 saturated heterocycles. The molecule has 26 heavy (non-hydrogen) atoms. The molecule has 0 bridgehead atoms. The molecule has 0 saturated carbocycles. The van der Waals surface area contributed by atoms with Crippen molar-refractivity contribution in [1.29, 1.82) is 0 Å². The molecule has 3 heterocycles. The number of nitrogens with zero attached hydrogens (tertiary/aromatic N) is 3. The smallest absolute Gasteiger partial charge is 0.138 e. The number of aromatic amines is 1. The lowest BCUT2D eigenvalue weighted by Gasteiger charge is -2.06. The molecule has 5 nitrogen and oxygen atoms in total. The molecule has 5 aromatic rings. The predicted molar refractivity (Wildman–Crippen MR) is 103 cm³/mol. The van der Waals surface area contributed by atoms with Gasteiger partial charge in [0.15, 0.2) is 0 Å². The van der Waals surface area contributed by atoms with Gasteiger partial charge >= 0.3 is 0 Å². The topological polar surface area (TPSA) is 55.7 Å². The van der Waals surface area contributed by atoms with E-state index in [0.717, 1.165) is 44.6 Å². The molecule has 0 amide bonds. The van der Waals surface area contributed by atoms with Crippen LogP contribution >= 0.6 is 0 Å². The first-order chi connectivity index (χ1) is 12.8. The lowest BCUT2D eigenvalue weighted by Crippen LogP contribution is -1.91. The van der Waals surface area contributed by atoms with Gasteiger partial charge in [0.25, 0.3) is 0 Å². The molecule has 0 aliphatic carbocycles. The van der Waals surface area contributed by atoms with Crippen LogP contribution < -0.4 is 4.74 Å². The maximum atomic E-state index is 5.33. The quantitative estimate of drug-likeness (QED) is 0.523. The minimum absolute atomic E-state index is 0.744. The van der Waals surface area contributed by atoms with Crippen LogP contribution in [0.3, 0.4) is 0 Å². The first-order valence-corrected chi connectivity index (χ1v) is 8.37. The van der Waals surface area contributed by atoms with Crippen molar-refractivity contribution in [3.8, 4) is 22.6 Å². The van der Waals surface area contributed by atoms with Crippen LogP contribution in [-0.4, -0.2) is 26.6 Å². The van der Waals surface area contributed by atoms with Crippen LogP contribution in [0.5, 0.6) is 5.75 Å². The van der Waals surface area contributed by atoms with E-state index in [9.17, 15) is 0 Å². The van der Waals surface area contributed by atoms with Crippen molar-refractivity contribution in [2.24, 2.45) is 0 Å². The van der Waals surface area contributed by atoms with E-state index in [4.69, 9.17) is 4.74 Å². The SMILES string of the molecule is COc1cnc2[nH]cc(-c3ccc4ncn(-c5ccccc5)c4c3)c2c1. The molecule has 3 aromatic heterocycles. The van der Waals surface area contributed by atoms with Crippen LogP contribution in [0.25, 0.3) is 38.9 Å². The van der Waals surface area contributed by atoms with Crippen molar-refractivity contribution in [3.63, 3.8) is 0 Å². The van der Waals surface area contributed by atoms with Crippen molar-refractivity contribution < 1.29 is 4.74 Å². The highest BCUT2D eigenvalue weighted by Gasteiger charge is 2.11. The maximum Gasteiger partial charge on any atom is 0.138 e. The lowest BCUT2D eigenvalue weighted by molar-refractivity contribution is 0.414. The largest absolute Gasteiger partial charge is 0.495 e. The number of para-hydroxylation sites is 1. The molecule has 126 valence electrons. The number of hydrogen-bond acceptors (Lipinski definition) is 3. The zero-order valence-electron chi connectivity index (χ0n) is 14.2. The Bertz CT molecular complexity index is 1220. The lowest BCUT2D eigenvalue weighted by atomic mass is 10.1. The monoisotopic (exact) mass is 340 g/mol. The maximum absolute atomic E-state index is 5.33. The molecular formula is C21H16N4O. The molecule has 2 aromatic carbocycles. The number of imidazole rings is 1. The molecule has 1 N–H and O–H groups in total. The second kappa shape index (κ2) is 5.74. The van der Waals surface area contributed by atoms with E-state index in [2.05, 4.69) is 49.9 Å². The van der Waals surface area contributed by atoms with Crippen LogP contribution in [0.15, 0.2) is 73.3 Å². The van der Waals surface area contributed by atoms with Crippen molar-refractivity contribution >= 4 is 22.1 Å². The molecular weight excluding hydrogens is 324 g/mol. The van der Waals surface area contributed by atoms with Gasteiger partial charge in [-0.2, -0.15) is 0 Å². The van der Waals surface area contributed by atoms with E-state index in [1.165, 1.54) is 0 Å². The van der Waals surface area contributed by atoms with E-state index in [1.54, 1.807) is 13.3 Å². The summed E-state index contributed by atoms with van der Waals surface area (Å²) in [5.41, 5.74) is 6.17. The summed E-state index contributed by atoms with van der Waals surface area (Å²) < 4.78 is 7.43. The summed E-state index contributed by atoms with van der Waals surface area (Å²) in [5.74, 6) is 0.744. The second-order valence-corrected chi connectivity index (χ2v) is 6.13. The number of methoxy groups -OCH3 is 1. The Morgan fingerprint density at radius 1 is 1.00 bits per heavy atom. The van der Waals surface area contributed by atoms with Gasteiger partial charge in [-0.3, -0.25) is 4.57 Å². The molecule has 0 unspecified atom stereocenters. The Hall–Kier alpha value is -3.60. The number of ether oxygens (including phenoxy) is 1. The van der Waals surface area contributed by atoms with Gasteiger partial charge in [-0.1, -0.05) is 24.3 Å². The van der Waals surface area contributed by atoms with E-state index in [0.29, 0.717) is 0 Å². The van der Waals surface area contributed by atoms with E-state index < -0.39 is 0 Å². The van der Waals surface area contributed by atoms with Gasteiger partial charge in [0.05, 0.1) is 24.3 Å². The van der Waals surface area contributed by atoms with Gasteiger partial charge in [0, 0.05) is 22.8 Å². The molecule has 0 spiro atoms. The van der Waals surface area contributed by atoms with Gasteiger partial charge in [-0.05, 0) is 35.9 Å². The predicted octanol–water partition coefficient (Wildman–Crippen LogP) is 4.58. The molecule has 0 aliphatic heterocycles. The van der Waals surface area contributed by atoms with Crippen LogP contribution in [-0.2, 0) is 0 Å². The van der Waals surface area contributed by atoms with Crippen molar-refractivity contribution in [2.75, 3.05) is 7.11 Å². The normalized spacial score (nSPS) is 11.3.